The molecule has 3 aliphatic rings. The molecular weight excluding hydrogens is 557 g/mol. The number of benzene rings is 1. The van der Waals surface area contributed by atoms with Crippen molar-refractivity contribution in [3.63, 3.8) is 0 Å². The third-order valence-electron chi connectivity index (χ3n) is 8.95. The molecule has 7 rings (SSSR count). The maximum absolute atomic E-state index is 14.1. The SMILES string of the molecule is NC1(C2=CCCCC(NC(=O)CC3CCNCC3)=C2)C=c2c(-c3cc4c(-c5cc(O)cc(F)c5)nccc4[nH]3)n[nH]c2=CC1. The average Bonchev–Trinajstić information content (AvgIpc) is 3.54. The van der Waals surface area contributed by atoms with E-state index in [1.807, 2.05) is 12.1 Å². The molecule has 1 atom stereocenters. The van der Waals surface area contributed by atoms with Gasteiger partial charge in [-0.3, -0.25) is 14.9 Å². The van der Waals surface area contributed by atoms with E-state index in [9.17, 15) is 14.3 Å². The molecule has 4 aromatic rings. The highest BCUT2D eigenvalue weighted by atomic mass is 19.1. The molecule has 1 fully saturated rings. The van der Waals surface area contributed by atoms with Crippen LogP contribution >= 0.6 is 0 Å². The molecule has 10 heteroatoms. The van der Waals surface area contributed by atoms with Crippen molar-refractivity contribution in [2.75, 3.05) is 13.1 Å². The normalized spacial score (nSPS) is 20.6. The van der Waals surface area contributed by atoms with E-state index in [1.54, 1.807) is 6.20 Å². The van der Waals surface area contributed by atoms with E-state index < -0.39 is 11.4 Å². The van der Waals surface area contributed by atoms with Gasteiger partial charge in [-0.1, -0.05) is 12.2 Å². The first-order valence-corrected chi connectivity index (χ1v) is 15.3. The van der Waals surface area contributed by atoms with Gasteiger partial charge >= 0.3 is 0 Å². The summed E-state index contributed by atoms with van der Waals surface area (Å²) in [4.78, 5) is 20.8. The summed E-state index contributed by atoms with van der Waals surface area (Å²) in [6, 6.07) is 7.72. The second kappa shape index (κ2) is 11.5. The lowest BCUT2D eigenvalue weighted by Gasteiger charge is -2.28. The van der Waals surface area contributed by atoms with Crippen molar-refractivity contribution in [1.82, 2.24) is 30.8 Å². The van der Waals surface area contributed by atoms with E-state index in [4.69, 9.17) is 5.73 Å². The molecule has 2 aliphatic carbocycles. The van der Waals surface area contributed by atoms with Gasteiger partial charge in [0.25, 0.3) is 0 Å². The second-order valence-corrected chi connectivity index (χ2v) is 12.2. The van der Waals surface area contributed by atoms with Crippen LogP contribution in [-0.4, -0.2) is 49.8 Å². The summed E-state index contributed by atoms with van der Waals surface area (Å²) < 4.78 is 14.1. The molecule has 4 heterocycles. The van der Waals surface area contributed by atoms with Crippen molar-refractivity contribution >= 4 is 29.0 Å². The number of hydrogen-bond donors (Lipinski definition) is 6. The second-order valence-electron chi connectivity index (χ2n) is 12.2. The third-order valence-corrected chi connectivity index (χ3v) is 8.95. The Kier molecular flexibility index (Phi) is 7.39. The van der Waals surface area contributed by atoms with Gasteiger partial charge in [0.05, 0.1) is 22.3 Å². The molecule has 0 radical (unpaired) electrons. The van der Waals surface area contributed by atoms with E-state index in [1.165, 1.54) is 12.1 Å². The zero-order valence-corrected chi connectivity index (χ0v) is 24.4. The quantitative estimate of drug-likeness (QED) is 0.202. The van der Waals surface area contributed by atoms with E-state index >= 15 is 0 Å². The highest BCUT2D eigenvalue weighted by Crippen LogP contribution is 2.33. The van der Waals surface area contributed by atoms with Crippen LogP contribution in [0.5, 0.6) is 5.75 Å². The average molecular weight is 594 g/mol. The van der Waals surface area contributed by atoms with Gasteiger partial charge in [-0.15, -0.1) is 0 Å². The topological polar surface area (TPSA) is 145 Å². The van der Waals surface area contributed by atoms with Crippen molar-refractivity contribution in [1.29, 1.82) is 0 Å². The Bertz CT molecular complexity index is 1910. The number of fused-ring (bicyclic) bond motifs is 2. The summed E-state index contributed by atoms with van der Waals surface area (Å²) in [5.41, 5.74) is 11.6. The van der Waals surface area contributed by atoms with E-state index in [2.05, 4.69) is 55.1 Å². The number of pyridine rings is 1. The van der Waals surface area contributed by atoms with Crippen LogP contribution in [0.4, 0.5) is 4.39 Å². The van der Waals surface area contributed by atoms with Crippen LogP contribution in [0.25, 0.3) is 45.7 Å². The molecular formula is C34H36FN7O2. The largest absolute Gasteiger partial charge is 0.508 e. The summed E-state index contributed by atoms with van der Waals surface area (Å²) in [6.45, 7) is 1.95. The lowest BCUT2D eigenvalue weighted by molar-refractivity contribution is -0.121. The van der Waals surface area contributed by atoms with Crippen molar-refractivity contribution in [3.05, 3.63) is 76.3 Å². The number of aromatic nitrogens is 4. The molecule has 1 saturated heterocycles. The Morgan fingerprint density at radius 1 is 1.16 bits per heavy atom. The number of amides is 1. The van der Waals surface area contributed by atoms with E-state index in [0.717, 1.165) is 89.7 Å². The molecule has 44 heavy (non-hydrogen) atoms. The summed E-state index contributed by atoms with van der Waals surface area (Å²) in [6.07, 6.45) is 15.9. The van der Waals surface area contributed by atoms with Crippen LogP contribution < -0.4 is 26.9 Å². The number of H-pyrrole nitrogens is 2. The standard InChI is InChI=1S/C34H36FN7O2/c35-23-14-21(15-25(43)17-23)32-26-18-30(40-28(26)8-12-38-32)33-27-19-34(36,9-5-29(27)41-42-33)22-3-1-2-4-24(16-22)39-31(44)13-20-6-10-37-11-7-20/h3,5,8,12,14-20,37,40-41,43H,1-2,4,6-7,9-11,13,36H2,(H,39,44). The summed E-state index contributed by atoms with van der Waals surface area (Å²) in [5.74, 6) is -0.191. The fourth-order valence-corrected chi connectivity index (χ4v) is 6.65. The predicted molar refractivity (Wildman–Crippen MR) is 169 cm³/mol. The minimum absolute atomic E-state index is 0.0789. The zero-order valence-electron chi connectivity index (χ0n) is 24.4. The Morgan fingerprint density at radius 3 is 2.86 bits per heavy atom. The lowest BCUT2D eigenvalue weighted by Crippen LogP contribution is -2.46. The molecule has 1 amide bonds. The predicted octanol–water partition coefficient (Wildman–Crippen LogP) is 3.63. The summed E-state index contributed by atoms with van der Waals surface area (Å²) in [7, 11) is 0. The number of piperidine rings is 1. The van der Waals surface area contributed by atoms with Gasteiger partial charge < -0.3 is 26.5 Å². The first kappa shape index (κ1) is 28.2. The number of carbonyl (C=O) groups excluding carboxylic acids is 1. The molecule has 0 bridgehead atoms. The molecule has 3 aromatic heterocycles. The van der Waals surface area contributed by atoms with Crippen molar-refractivity contribution < 1.29 is 14.3 Å². The van der Waals surface area contributed by atoms with E-state index in [0.29, 0.717) is 35.7 Å². The number of aromatic hydroxyl groups is 1. The number of hydrogen-bond acceptors (Lipinski definition) is 6. The van der Waals surface area contributed by atoms with Gasteiger partial charge in [-0.25, -0.2) is 4.39 Å². The Labute approximate surface area is 253 Å². The zero-order chi connectivity index (χ0) is 30.3. The van der Waals surface area contributed by atoms with Crippen LogP contribution in [0.2, 0.25) is 0 Å². The molecule has 0 spiro atoms. The maximum Gasteiger partial charge on any atom is 0.224 e. The number of phenols is 1. The minimum atomic E-state index is -0.779. The van der Waals surface area contributed by atoms with Gasteiger partial charge in [0.1, 0.15) is 17.3 Å². The molecule has 9 nitrogen and oxygen atoms in total. The molecule has 0 saturated carbocycles. The Morgan fingerprint density at radius 2 is 2.02 bits per heavy atom. The van der Waals surface area contributed by atoms with Crippen LogP contribution in [0.15, 0.2) is 60.0 Å². The van der Waals surface area contributed by atoms with Crippen LogP contribution in [0.3, 0.4) is 0 Å². The first-order valence-electron chi connectivity index (χ1n) is 15.3. The van der Waals surface area contributed by atoms with Gasteiger partial charge in [-0.05, 0) is 99.5 Å². The monoisotopic (exact) mass is 593 g/mol. The Balaban J connectivity index is 1.20. The highest BCUT2D eigenvalue weighted by Gasteiger charge is 2.30. The maximum atomic E-state index is 14.1. The third kappa shape index (κ3) is 5.58. The number of nitrogens with two attached hydrogens (primary N) is 1. The number of nitrogens with zero attached hydrogens (tertiary/aromatic N) is 2. The van der Waals surface area contributed by atoms with Crippen LogP contribution in [0.1, 0.15) is 44.9 Å². The molecule has 7 N–H and O–H groups in total. The van der Waals surface area contributed by atoms with Crippen molar-refractivity contribution in [3.8, 4) is 28.4 Å². The smallest absolute Gasteiger partial charge is 0.224 e. The number of halogens is 1. The van der Waals surface area contributed by atoms with Gasteiger partial charge in [0.2, 0.25) is 5.91 Å². The number of rotatable bonds is 6. The van der Waals surface area contributed by atoms with Gasteiger partial charge in [0, 0.05) is 46.1 Å². The molecule has 1 aliphatic heterocycles. The molecule has 1 unspecified atom stereocenters. The minimum Gasteiger partial charge on any atom is -0.508 e. The van der Waals surface area contributed by atoms with Crippen LogP contribution in [-0.2, 0) is 4.79 Å². The highest BCUT2D eigenvalue weighted by molar-refractivity contribution is 5.96. The van der Waals surface area contributed by atoms with Crippen molar-refractivity contribution in [2.45, 2.75) is 50.5 Å². The number of nitrogens with one attached hydrogen (secondary N) is 4. The number of allylic oxidation sites excluding steroid dienone is 2. The number of carbonyl (C=O) groups is 1. The fourth-order valence-electron chi connectivity index (χ4n) is 6.65. The van der Waals surface area contributed by atoms with Crippen LogP contribution in [0, 0.1) is 11.7 Å². The van der Waals surface area contributed by atoms with Gasteiger partial charge in [-0.2, -0.15) is 5.10 Å². The van der Waals surface area contributed by atoms with Crippen molar-refractivity contribution in [2.24, 2.45) is 11.7 Å². The number of aromatic amines is 2. The van der Waals surface area contributed by atoms with E-state index in [-0.39, 0.29) is 11.7 Å². The first-order chi connectivity index (χ1) is 21.3. The van der Waals surface area contributed by atoms with Gasteiger partial charge in [0.15, 0.2) is 0 Å². The summed E-state index contributed by atoms with van der Waals surface area (Å²) >= 11 is 0. The lowest BCUT2D eigenvalue weighted by atomic mass is 9.83. The fraction of sp³-hybridized carbons (Fsp3) is 0.324. The molecule has 226 valence electrons. The Hall–Kier alpha value is -4.54. The summed E-state index contributed by atoms with van der Waals surface area (Å²) in [5, 5.41) is 26.9. The number of phenolic OH excluding ortho intramolecular Hbond substituents is 1. The molecule has 1 aromatic carbocycles.